The maximum Gasteiger partial charge on any atom is 0.118 e. The molecule has 1 atom stereocenters. The van der Waals surface area contributed by atoms with Crippen molar-refractivity contribution in [3.05, 3.63) is 65.2 Å². The molecule has 1 N–H and O–H groups in total. The summed E-state index contributed by atoms with van der Waals surface area (Å²) < 4.78 is 5.21. The normalized spacial score (nSPS) is 12.0. The van der Waals surface area contributed by atoms with E-state index in [0.29, 0.717) is 11.5 Å². The Morgan fingerprint density at radius 2 is 1.86 bits per heavy atom. The molecule has 0 amide bonds. The van der Waals surface area contributed by atoms with Gasteiger partial charge in [-0.3, -0.25) is 0 Å². The Bertz CT molecular complexity index is 641. The molecule has 0 aliphatic rings. The van der Waals surface area contributed by atoms with Gasteiger partial charge in [0.05, 0.1) is 18.7 Å². The Kier molecular flexibility index (Phi) is 5.57. The van der Waals surface area contributed by atoms with Gasteiger partial charge in [0.15, 0.2) is 0 Å². The SMILES string of the molecule is COc1ccc([C@@H](NCc2cccc(C#N)c2)C(C)C)cc1. The lowest BCUT2D eigenvalue weighted by molar-refractivity contribution is 0.404. The molecule has 0 heterocycles. The lowest BCUT2D eigenvalue weighted by Crippen LogP contribution is -2.25. The first-order valence-corrected chi connectivity index (χ1v) is 7.50. The fourth-order valence-corrected chi connectivity index (χ4v) is 2.53. The summed E-state index contributed by atoms with van der Waals surface area (Å²) >= 11 is 0. The molecule has 0 aliphatic heterocycles. The summed E-state index contributed by atoms with van der Waals surface area (Å²) in [6, 6.07) is 18.3. The van der Waals surface area contributed by atoms with Gasteiger partial charge in [-0.2, -0.15) is 5.26 Å². The van der Waals surface area contributed by atoms with Crippen molar-refractivity contribution in [3.63, 3.8) is 0 Å². The molecule has 0 fully saturated rings. The molecule has 3 nitrogen and oxygen atoms in total. The molecule has 0 bridgehead atoms. The molecule has 2 aromatic carbocycles. The lowest BCUT2D eigenvalue weighted by atomic mass is 9.95. The fraction of sp³-hybridized carbons (Fsp3) is 0.316. The van der Waals surface area contributed by atoms with Crippen LogP contribution in [0.25, 0.3) is 0 Å². The average molecular weight is 294 g/mol. The van der Waals surface area contributed by atoms with Gasteiger partial charge in [-0.15, -0.1) is 0 Å². The maximum absolute atomic E-state index is 8.97. The zero-order valence-corrected chi connectivity index (χ0v) is 13.3. The highest BCUT2D eigenvalue weighted by Gasteiger charge is 2.15. The van der Waals surface area contributed by atoms with Gasteiger partial charge in [0, 0.05) is 12.6 Å². The van der Waals surface area contributed by atoms with Crippen LogP contribution >= 0.6 is 0 Å². The summed E-state index contributed by atoms with van der Waals surface area (Å²) in [4.78, 5) is 0. The highest BCUT2D eigenvalue weighted by Crippen LogP contribution is 2.24. The minimum atomic E-state index is 0.261. The van der Waals surface area contributed by atoms with Crippen LogP contribution < -0.4 is 10.1 Å². The number of methoxy groups -OCH3 is 1. The largest absolute Gasteiger partial charge is 0.497 e. The molecule has 114 valence electrons. The molecule has 22 heavy (non-hydrogen) atoms. The van der Waals surface area contributed by atoms with Gasteiger partial charge in [0.1, 0.15) is 5.75 Å². The van der Waals surface area contributed by atoms with Crippen LogP contribution in [-0.2, 0) is 6.54 Å². The molecule has 0 unspecified atom stereocenters. The van der Waals surface area contributed by atoms with Gasteiger partial charge in [-0.05, 0) is 41.3 Å². The van der Waals surface area contributed by atoms with Crippen LogP contribution in [0.4, 0.5) is 0 Å². The van der Waals surface area contributed by atoms with Crippen molar-refractivity contribution in [1.82, 2.24) is 5.32 Å². The fourth-order valence-electron chi connectivity index (χ4n) is 2.53. The summed E-state index contributed by atoms with van der Waals surface area (Å²) in [5.74, 6) is 1.33. The Balaban J connectivity index is 2.09. The highest BCUT2D eigenvalue weighted by atomic mass is 16.5. The van der Waals surface area contributed by atoms with Crippen LogP contribution in [0.15, 0.2) is 48.5 Å². The quantitative estimate of drug-likeness (QED) is 0.874. The second-order valence-corrected chi connectivity index (χ2v) is 5.69. The van der Waals surface area contributed by atoms with Crippen molar-refractivity contribution in [2.24, 2.45) is 5.92 Å². The van der Waals surface area contributed by atoms with E-state index in [1.807, 2.05) is 36.4 Å². The number of nitriles is 1. The van der Waals surface area contributed by atoms with Crippen LogP contribution in [0.5, 0.6) is 5.75 Å². The molecule has 0 spiro atoms. The number of ether oxygens (including phenoxy) is 1. The van der Waals surface area contributed by atoms with Crippen LogP contribution in [0.1, 0.15) is 36.6 Å². The molecule has 0 saturated heterocycles. The van der Waals surface area contributed by atoms with Gasteiger partial charge in [0.25, 0.3) is 0 Å². The molecule has 0 radical (unpaired) electrons. The molecule has 0 saturated carbocycles. The number of hydrogen-bond donors (Lipinski definition) is 1. The van der Waals surface area contributed by atoms with Gasteiger partial charge in [0.2, 0.25) is 0 Å². The Labute approximate surface area is 132 Å². The van der Waals surface area contributed by atoms with Gasteiger partial charge in [-0.1, -0.05) is 38.1 Å². The number of hydrogen-bond acceptors (Lipinski definition) is 3. The number of benzene rings is 2. The van der Waals surface area contributed by atoms with E-state index in [0.717, 1.165) is 17.9 Å². The smallest absolute Gasteiger partial charge is 0.118 e. The van der Waals surface area contributed by atoms with Crippen LogP contribution in [0.2, 0.25) is 0 Å². The van der Waals surface area contributed by atoms with Gasteiger partial charge >= 0.3 is 0 Å². The number of nitrogens with one attached hydrogen (secondary N) is 1. The Morgan fingerprint density at radius 3 is 2.45 bits per heavy atom. The van der Waals surface area contributed by atoms with Crippen molar-refractivity contribution in [1.29, 1.82) is 5.26 Å². The summed E-state index contributed by atoms with van der Waals surface area (Å²) in [6.45, 7) is 5.14. The van der Waals surface area contributed by atoms with E-state index in [4.69, 9.17) is 10.00 Å². The van der Waals surface area contributed by atoms with E-state index >= 15 is 0 Å². The monoisotopic (exact) mass is 294 g/mol. The highest BCUT2D eigenvalue weighted by molar-refractivity contribution is 5.33. The average Bonchev–Trinajstić information content (AvgIpc) is 2.55. The van der Waals surface area contributed by atoms with E-state index < -0.39 is 0 Å². The molecule has 0 aromatic heterocycles. The molecular formula is C19H22N2O. The van der Waals surface area contributed by atoms with E-state index in [9.17, 15) is 0 Å². The zero-order chi connectivity index (χ0) is 15.9. The van der Waals surface area contributed by atoms with E-state index in [1.54, 1.807) is 7.11 Å². The third-order valence-electron chi connectivity index (χ3n) is 3.72. The predicted octanol–water partition coefficient (Wildman–Crippen LogP) is 4.05. The predicted molar refractivity (Wildman–Crippen MR) is 88.6 cm³/mol. The second-order valence-electron chi connectivity index (χ2n) is 5.69. The summed E-state index contributed by atoms with van der Waals surface area (Å²) in [6.07, 6.45) is 0. The number of rotatable bonds is 6. The standard InChI is InChI=1S/C19H22N2O/c1-14(2)19(17-7-9-18(22-3)10-8-17)21-13-16-6-4-5-15(11-16)12-20/h4-11,14,19,21H,13H2,1-3H3/t19-/m0/s1. The topological polar surface area (TPSA) is 45.0 Å². The van der Waals surface area contributed by atoms with Gasteiger partial charge in [-0.25, -0.2) is 0 Å². The molecule has 2 aromatic rings. The first kappa shape index (κ1) is 16.1. The summed E-state index contributed by atoms with van der Waals surface area (Å²) in [5, 5.41) is 12.6. The van der Waals surface area contributed by atoms with Gasteiger partial charge < -0.3 is 10.1 Å². The first-order valence-electron chi connectivity index (χ1n) is 7.50. The van der Waals surface area contributed by atoms with E-state index in [-0.39, 0.29) is 6.04 Å². The van der Waals surface area contributed by atoms with Crippen LogP contribution in [-0.4, -0.2) is 7.11 Å². The Morgan fingerprint density at radius 1 is 1.14 bits per heavy atom. The molecular weight excluding hydrogens is 272 g/mol. The van der Waals surface area contributed by atoms with Crippen LogP contribution in [0, 0.1) is 17.2 Å². The van der Waals surface area contributed by atoms with Crippen LogP contribution in [0.3, 0.4) is 0 Å². The first-order chi connectivity index (χ1) is 10.6. The summed E-state index contributed by atoms with van der Waals surface area (Å²) in [7, 11) is 1.68. The van der Waals surface area contributed by atoms with E-state index in [1.165, 1.54) is 5.56 Å². The molecule has 3 heteroatoms. The minimum absolute atomic E-state index is 0.261. The zero-order valence-electron chi connectivity index (χ0n) is 13.3. The van der Waals surface area contributed by atoms with Crippen molar-refractivity contribution >= 4 is 0 Å². The second kappa shape index (κ2) is 7.63. The number of nitrogens with zero attached hydrogens (tertiary/aromatic N) is 1. The lowest BCUT2D eigenvalue weighted by Gasteiger charge is -2.23. The van der Waals surface area contributed by atoms with Crippen molar-refractivity contribution in [3.8, 4) is 11.8 Å². The molecule has 0 aliphatic carbocycles. The van der Waals surface area contributed by atoms with E-state index in [2.05, 4.69) is 37.4 Å². The third kappa shape index (κ3) is 4.09. The Hall–Kier alpha value is -2.31. The minimum Gasteiger partial charge on any atom is -0.497 e. The van der Waals surface area contributed by atoms with Crippen molar-refractivity contribution in [2.75, 3.05) is 7.11 Å². The molecule has 2 rings (SSSR count). The maximum atomic E-state index is 8.97. The third-order valence-corrected chi connectivity index (χ3v) is 3.72. The van der Waals surface area contributed by atoms with Crippen molar-refractivity contribution in [2.45, 2.75) is 26.4 Å². The van der Waals surface area contributed by atoms with Crippen molar-refractivity contribution < 1.29 is 4.74 Å². The summed E-state index contributed by atoms with van der Waals surface area (Å²) in [5.41, 5.74) is 3.07.